The molecule has 2 aromatic rings. The van der Waals surface area contributed by atoms with E-state index >= 15 is 0 Å². The Morgan fingerprint density at radius 2 is 2.05 bits per heavy atom. The Hall–Kier alpha value is -2.19. The lowest BCUT2D eigenvalue weighted by Crippen LogP contribution is -2.04. The van der Waals surface area contributed by atoms with Gasteiger partial charge in [-0.2, -0.15) is 10.4 Å². The third kappa shape index (κ3) is 2.64. The molecule has 1 aromatic heterocycles. The molecule has 0 amide bonds. The topological polar surface area (TPSA) is 61.6 Å². The highest BCUT2D eigenvalue weighted by molar-refractivity contribution is 6.30. The molecule has 1 N–H and O–H groups in total. The van der Waals surface area contributed by atoms with Crippen LogP contribution >= 0.6 is 11.6 Å². The molecule has 4 nitrogen and oxygen atoms in total. The van der Waals surface area contributed by atoms with E-state index in [1.54, 1.807) is 19.9 Å². The van der Waals surface area contributed by atoms with Gasteiger partial charge in [-0.1, -0.05) is 11.6 Å². The number of aromatic nitrogens is 2. The maximum atomic E-state index is 13.7. The SMILES string of the molecule is Cc1nnc(Nc2ccc(Cl)cc2F)c(C#N)c1C. The molecular formula is C13H10ClFN4. The zero-order chi connectivity index (χ0) is 14.0. The first-order chi connectivity index (χ1) is 9.02. The van der Waals surface area contributed by atoms with Gasteiger partial charge in [0, 0.05) is 5.02 Å². The maximum Gasteiger partial charge on any atom is 0.171 e. The van der Waals surface area contributed by atoms with Crippen molar-refractivity contribution >= 4 is 23.1 Å². The Labute approximate surface area is 114 Å². The molecule has 6 heteroatoms. The van der Waals surface area contributed by atoms with Crippen LogP contribution in [0.4, 0.5) is 15.9 Å². The van der Waals surface area contributed by atoms with E-state index in [9.17, 15) is 4.39 Å². The van der Waals surface area contributed by atoms with Crippen LogP contribution in [-0.4, -0.2) is 10.2 Å². The second kappa shape index (κ2) is 5.21. The third-order valence-corrected chi connectivity index (χ3v) is 2.99. The molecule has 96 valence electrons. The van der Waals surface area contributed by atoms with E-state index in [0.29, 0.717) is 16.3 Å². The number of aryl methyl sites for hydroxylation is 1. The average molecular weight is 277 g/mol. The number of hydrogen-bond donors (Lipinski definition) is 1. The van der Waals surface area contributed by atoms with Crippen LogP contribution in [0.25, 0.3) is 0 Å². The molecule has 19 heavy (non-hydrogen) atoms. The van der Waals surface area contributed by atoms with Gasteiger partial charge in [-0.25, -0.2) is 4.39 Å². The number of nitriles is 1. The molecule has 1 heterocycles. The van der Waals surface area contributed by atoms with Crippen molar-refractivity contribution in [3.63, 3.8) is 0 Å². The van der Waals surface area contributed by atoms with Crippen LogP contribution < -0.4 is 5.32 Å². The summed E-state index contributed by atoms with van der Waals surface area (Å²) in [4.78, 5) is 0. The number of anilines is 2. The predicted molar refractivity (Wildman–Crippen MR) is 70.9 cm³/mol. The van der Waals surface area contributed by atoms with Gasteiger partial charge in [0.15, 0.2) is 5.82 Å². The number of benzene rings is 1. The van der Waals surface area contributed by atoms with Crippen molar-refractivity contribution in [3.05, 3.63) is 45.9 Å². The quantitative estimate of drug-likeness (QED) is 0.912. The van der Waals surface area contributed by atoms with Gasteiger partial charge in [-0.3, -0.25) is 0 Å². The Morgan fingerprint density at radius 1 is 1.32 bits per heavy atom. The van der Waals surface area contributed by atoms with Crippen molar-refractivity contribution in [3.8, 4) is 6.07 Å². The summed E-state index contributed by atoms with van der Waals surface area (Å²) in [5.41, 5.74) is 1.92. The molecule has 0 spiro atoms. The van der Waals surface area contributed by atoms with Gasteiger partial charge in [-0.15, -0.1) is 5.10 Å². The van der Waals surface area contributed by atoms with E-state index in [4.69, 9.17) is 16.9 Å². The second-order valence-corrected chi connectivity index (χ2v) is 4.43. The lowest BCUT2D eigenvalue weighted by atomic mass is 10.1. The van der Waals surface area contributed by atoms with Crippen molar-refractivity contribution in [2.24, 2.45) is 0 Å². The zero-order valence-electron chi connectivity index (χ0n) is 10.3. The first-order valence-corrected chi connectivity index (χ1v) is 5.86. The summed E-state index contributed by atoms with van der Waals surface area (Å²) in [5.74, 6) is -0.289. The van der Waals surface area contributed by atoms with Gasteiger partial charge in [0.2, 0.25) is 0 Å². The number of halogens is 2. The normalized spacial score (nSPS) is 10.1. The maximum absolute atomic E-state index is 13.7. The molecule has 0 aliphatic carbocycles. The van der Waals surface area contributed by atoms with Crippen LogP contribution in [0.15, 0.2) is 18.2 Å². The fraction of sp³-hybridized carbons (Fsp3) is 0.154. The zero-order valence-corrected chi connectivity index (χ0v) is 11.1. The van der Waals surface area contributed by atoms with Crippen molar-refractivity contribution in [2.75, 3.05) is 5.32 Å². The van der Waals surface area contributed by atoms with Gasteiger partial charge in [0.1, 0.15) is 17.4 Å². The summed E-state index contributed by atoms with van der Waals surface area (Å²) in [7, 11) is 0. The number of hydrogen-bond acceptors (Lipinski definition) is 4. The molecule has 0 fully saturated rings. The van der Waals surface area contributed by atoms with Crippen LogP contribution in [0.3, 0.4) is 0 Å². The van der Waals surface area contributed by atoms with E-state index in [1.807, 2.05) is 6.07 Å². The number of nitrogens with zero attached hydrogens (tertiary/aromatic N) is 3. The third-order valence-electron chi connectivity index (χ3n) is 2.75. The number of rotatable bonds is 2. The van der Waals surface area contributed by atoms with Crippen molar-refractivity contribution in [1.82, 2.24) is 10.2 Å². The minimum atomic E-state index is -0.517. The van der Waals surface area contributed by atoms with Crippen LogP contribution in [-0.2, 0) is 0 Å². The minimum Gasteiger partial charge on any atom is -0.335 e. The van der Waals surface area contributed by atoms with Crippen LogP contribution in [0.5, 0.6) is 0 Å². The van der Waals surface area contributed by atoms with E-state index in [2.05, 4.69) is 15.5 Å². The largest absolute Gasteiger partial charge is 0.335 e. The fourth-order valence-corrected chi connectivity index (χ4v) is 1.71. The Morgan fingerprint density at radius 3 is 2.68 bits per heavy atom. The van der Waals surface area contributed by atoms with E-state index in [0.717, 1.165) is 5.56 Å². The molecule has 0 aliphatic rings. The minimum absolute atomic E-state index is 0.193. The van der Waals surface area contributed by atoms with Gasteiger partial charge in [0.25, 0.3) is 0 Å². The smallest absolute Gasteiger partial charge is 0.171 e. The van der Waals surface area contributed by atoms with Gasteiger partial charge in [-0.05, 0) is 37.6 Å². The first kappa shape index (κ1) is 13.2. The van der Waals surface area contributed by atoms with Gasteiger partial charge >= 0.3 is 0 Å². The van der Waals surface area contributed by atoms with Gasteiger partial charge in [0.05, 0.1) is 11.4 Å². The summed E-state index contributed by atoms with van der Waals surface area (Å²) in [6.07, 6.45) is 0. The summed E-state index contributed by atoms with van der Waals surface area (Å²) >= 11 is 5.68. The van der Waals surface area contributed by atoms with E-state index in [1.165, 1.54) is 12.1 Å². The highest BCUT2D eigenvalue weighted by atomic mass is 35.5. The summed E-state index contributed by atoms with van der Waals surface area (Å²) < 4.78 is 13.7. The molecule has 0 atom stereocenters. The summed E-state index contributed by atoms with van der Waals surface area (Å²) in [6.45, 7) is 3.53. The van der Waals surface area contributed by atoms with Gasteiger partial charge < -0.3 is 5.32 Å². The molecular weight excluding hydrogens is 267 g/mol. The molecule has 0 saturated carbocycles. The lowest BCUT2D eigenvalue weighted by molar-refractivity contribution is 0.632. The highest BCUT2D eigenvalue weighted by Gasteiger charge is 2.12. The monoisotopic (exact) mass is 276 g/mol. The first-order valence-electron chi connectivity index (χ1n) is 5.49. The summed E-state index contributed by atoms with van der Waals surface area (Å²) in [6, 6.07) is 6.26. The molecule has 0 bridgehead atoms. The summed E-state index contributed by atoms with van der Waals surface area (Å²) in [5, 5.41) is 20.0. The Bertz CT molecular complexity index is 679. The predicted octanol–water partition coefficient (Wildman–Crippen LogP) is 3.50. The molecule has 0 unspecified atom stereocenters. The molecule has 2 rings (SSSR count). The van der Waals surface area contributed by atoms with Crippen LogP contribution in [0, 0.1) is 31.0 Å². The van der Waals surface area contributed by atoms with E-state index < -0.39 is 5.82 Å². The Balaban J connectivity index is 2.44. The molecule has 0 aliphatic heterocycles. The molecule has 0 saturated heterocycles. The van der Waals surface area contributed by atoms with Crippen LogP contribution in [0.2, 0.25) is 5.02 Å². The Kier molecular flexibility index (Phi) is 3.63. The molecule has 0 radical (unpaired) electrons. The molecule has 1 aromatic carbocycles. The van der Waals surface area contributed by atoms with Crippen molar-refractivity contribution < 1.29 is 4.39 Å². The number of nitrogens with one attached hydrogen (secondary N) is 1. The van der Waals surface area contributed by atoms with Crippen molar-refractivity contribution in [1.29, 1.82) is 5.26 Å². The average Bonchev–Trinajstić information content (AvgIpc) is 2.37. The lowest BCUT2D eigenvalue weighted by Gasteiger charge is -2.10. The van der Waals surface area contributed by atoms with E-state index in [-0.39, 0.29) is 11.5 Å². The standard InChI is InChI=1S/C13H10ClFN4/c1-7-8(2)18-19-13(10(7)6-16)17-12-4-3-9(14)5-11(12)15/h3-5H,1-2H3,(H,17,19). The van der Waals surface area contributed by atoms with Crippen LogP contribution in [0.1, 0.15) is 16.8 Å². The van der Waals surface area contributed by atoms with Crippen molar-refractivity contribution in [2.45, 2.75) is 13.8 Å². The highest BCUT2D eigenvalue weighted by Crippen LogP contribution is 2.25. The fourth-order valence-electron chi connectivity index (χ4n) is 1.55. The second-order valence-electron chi connectivity index (χ2n) is 3.99.